The average Bonchev–Trinajstić information content (AvgIpc) is 3.99. The van der Waals surface area contributed by atoms with Gasteiger partial charge in [0.1, 0.15) is 5.75 Å². The number of anilines is 6. The Bertz CT molecular complexity index is 3470. The van der Waals surface area contributed by atoms with Gasteiger partial charge in [0.25, 0.3) is 0 Å². The summed E-state index contributed by atoms with van der Waals surface area (Å²) in [4.78, 5) is 4.33. The van der Waals surface area contributed by atoms with Gasteiger partial charge in [0.15, 0.2) is 0 Å². The molecule has 72 heavy (non-hydrogen) atoms. The second-order valence-electron chi connectivity index (χ2n) is 19.1. The van der Waals surface area contributed by atoms with E-state index in [1.807, 2.05) is 98.0 Å². The number of ether oxygens (including phenoxy) is 1. The number of methoxy groups -OCH3 is 1. The van der Waals surface area contributed by atoms with Crippen LogP contribution in [0.4, 0.5) is 34.1 Å². The highest BCUT2D eigenvalue weighted by Crippen LogP contribution is 2.51. The highest BCUT2D eigenvalue weighted by molar-refractivity contribution is 6.18. The minimum Gasteiger partial charge on any atom is -0.497 e. The summed E-state index contributed by atoms with van der Waals surface area (Å²) >= 11 is 0. The summed E-state index contributed by atoms with van der Waals surface area (Å²) in [5.41, 5.74) is 51.5. The van der Waals surface area contributed by atoms with Gasteiger partial charge in [-0.1, -0.05) is 66.7 Å². The molecular weight excluding hydrogens is 885 g/mol. The molecule has 0 amide bonds. The van der Waals surface area contributed by atoms with E-state index in [4.69, 9.17) is 38.5 Å². The van der Waals surface area contributed by atoms with Gasteiger partial charge < -0.3 is 48.3 Å². The normalized spacial score (nSPS) is 14.4. The number of hydrogen-bond donors (Lipinski definition) is 6. The predicted molar refractivity (Wildman–Crippen MR) is 304 cm³/mol. The minimum absolute atomic E-state index is 0.258. The molecule has 5 aliphatic carbocycles. The van der Waals surface area contributed by atoms with Gasteiger partial charge in [-0.25, -0.2) is 0 Å². The SMILES string of the molecule is CC1=CC(=C2c3ccc(N)cc3-c3cc(N)ccc32)C=CC1=N.COc1ccc(C2c3ccc(N(C)C)cc3-c3cc(N(C)C)ccc32)cc1.N=C1C=CC2=C(c3ccc(N)cc3)c3ccc(N)cc3C2=C1. The minimum atomic E-state index is 0.258. The van der Waals surface area contributed by atoms with Crippen molar-refractivity contribution in [1.29, 1.82) is 10.8 Å². The molecule has 0 atom stereocenters. The third kappa shape index (κ3) is 8.55. The van der Waals surface area contributed by atoms with Crippen molar-refractivity contribution in [1.82, 2.24) is 0 Å². The molecule has 0 aliphatic heterocycles. The second-order valence-corrected chi connectivity index (χ2v) is 19.1. The Morgan fingerprint density at radius 2 is 0.986 bits per heavy atom. The van der Waals surface area contributed by atoms with E-state index in [-0.39, 0.29) is 5.92 Å². The van der Waals surface area contributed by atoms with Gasteiger partial charge >= 0.3 is 0 Å². The number of benzene rings is 7. The lowest BCUT2D eigenvalue weighted by molar-refractivity contribution is 0.414. The van der Waals surface area contributed by atoms with Gasteiger partial charge in [-0.15, -0.1) is 0 Å². The molecule has 0 unspecified atom stereocenters. The molecule has 7 aromatic carbocycles. The molecule has 356 valence electrons. The number of nitrogens with one attached hydrogen (secondary N) is 2. The van der Waals surface area contributed by atoms with Crippen molar-refractivity contribution in [2.75, 3.05) is 68.0 Å². The van der Waals surface area contributed by atoms with Crippen LogP contribution < -0.4 is 37.5 Å². The van der Waals surface area contributed by atoms with E-state index in [1.165, 1.54) is 50.3 Å². The number of nitrogens with two attached hydrogens (primary N) is 4. The first-order chi connectivity index (χ1) is 34.7. The molecular formula is C63H58N8O. The smallest absolute Gasteiger partial charge is 0.118 e. The first kappa shape index (κ1) is 46.6. The van der Waals surface area contributed by atoms with Gasteiger partial charge in [-0.05, 0) is 216 Å². The summed E-state index contributed by atoms with van der Waals surface area (Å²) in [6, 6.07) is 48.0. The van der Waals surface area contributed by atoms with E-state index in [0.29, 0.717) is 11.4 Å². The Balaban J connectivity index is 0.000000125. The third-order valence-corrected chi connectivity index (χ3v) is 14.0. The number of nitrogens with zero attached hydrogens (tertiary/aromatic N) is 2. The lowest BCUT2D eigenvalue weighted by Gasteiger charge is -2.17. The highest BCUT2D eigenvalue weighted by atomic mass is 16.5. The summed E-state index contributed by atoms with van der Waals surface area (Å²) < 4.78 is 5.34. The maximum absolute atomic E-state index is 7.90. The lowest BCUT2D eigenvalue weighted by atomic mass is 9.89. The molecule has 5 aliphatic rings. The van der Waals surface area contributed by atoms with Crippen LogP contribution in [0, 0.1) is 10.8 Å². The number of allylic oxidation sites excluding steroid dienone is 10. The molecule has 12 rings (SSSR count). The quantitative estimate of drug-likeness (QED) is 0.0934. The van der Waals surface area contributed by atoms with E-state index in [2.05, 4.69) is 123 Å². The van der Waals surface area contributed by atoms with E-state index < -0.39 is 0 Å². The molecule has 0 saturated carbocycles. The van der Waals surface area contributed by atoms with E-state index in [9.17, 15) is 0 Å². The Kier molecular flexibility index (Phi) is 12.1. The van der Waals surface area contributed by atoms with Crippen LogP contribution in [-0.4, -0.2) is 46.7 Å². The zero-order valence-corrected chi connectivity index (χ0v) is 41.4. The van der Waals surface area contributed by atoms with Crippen LogP contribution in [0.1, 0.15) is 57.3 Å². The first-order valence-corrected chi connectivity index (χ1v) is 23.9. The molecule has 0 bridgehead atoms. The predicted octanol–water partition coefficient (Wildman–Crippen LogP) is 12.8. The Morgan fingerprint density at radius 1 is 0.472 bits per heavy atom. The monoisotopic (exact) mass is 942 g/mol. The molecule has 0 heterocycles. The standard InChI is InChI=1S/C24H26N2O.C20H17N3.C19H15N3/c1-25(2)17-8-12-20-22(14-17)23-15-18(26(3)4)9-13-21(23)24(20)16-6-10-19(27-5)11-7-16;1-11-8-12(2-7-19(11)23)20-15-5-3-13(21)9-17(15)18-10-14(22)4-6-16(18)20;20-12-3-1-11(2-4-12)19-15-7-5-13(21)9-17(15)18-10-14(22)6-8-16(18)19/h6-15,24H,1-5H3;2-10,23H,21-22H2,1H3;1-10,21H,20,22H2. The first-order valence-electron chi connectivity index (χ1n) is 23.9. The molecule has 0 spiro atoms. The topological polar surface area (TPSA) is 167 Å². The van der Waals surface area contributed by atoms with Gasteiger partial charge in [0.2, 0.25) is 0 Å². The summed E-state index contributed by atoms with van der Waals surface area (Å²) in [5, 5.41) is 15.8. The van der Waals surface area contributed by atoms with Crippen LogP contribution in [0.25, 0.3) is 39.0 Å². The number of rotatable bonds is 5. The van der Waals surface area contributed by atoms with Crippen LogP contribution in [0.2, 0.25) is 0 Å². The molecule has 9 heteroatoms. The molecule has 9 nitrogen and oxygen atoms in total. The maximum Gasteiger partial charge on any atom is 0.118 e. The van der Waals surface area contributed by atoms with Crippen molar-refractivity contribution in [2.24, 2.45) is 0 Å². The van der Waals surface area contributed by atoms with Crippen molar-refractivity contribution in [3.05, 3.63) is 237 Å². The van der Waals surface area contributed by atoms with Crippen molar-refractivity contribution >= 4 is 62.3 Å². The van der Waals surface area contributed by atoms with Crippen molar-refractivity contribution in [2.45, 2.75) is 12.8 Å². The van der Waals surface area contributed by atoms with Crippen LogP contribution >= 0.6 is 0 Å². The van der Waals surface area contributed by atoms with Crippen LogP contribution in [-0.2, 0) is 0 Å². The van der Waals surface area contributed by atoms with E-state index >= 15 is 0 Å². The fraction of sp³-hybridized carbons (Fsp3) is 0.111. The summed E-state index contributed by atoms with van der Waals surface area (Å²) in [5.74, 6) is 1.15. The maximum atomic E-state index is 7.90. The molecule has 10 N–H and O–H groups in total. The fourth-order valence-electron chi connectivity index (χ4n) is 10.3. The summed E-state index contributed by atoms with van der Waals surface area (Å²) in [6.45, 7) is 1.97. The lowest BCUT2D eigenvalue weighted by Crippen LogP contribution is -2.09. The van der Waals surface area contributed by atoms with E-state index in [1.54, 1.807) is 7.11 Å². The van der Waals surface area contributed by atoms with Crippen LogP contribution in [0.3, 0.4) is 0 Å². The Morgan fingerprint density at radius 3 is 1.50 bits per heavy atom. The van der Waals surface area contributed by atoms with Crippen molar-refractivity contribution < 1.29 is 4.74 Å². The van der Waals surface area contributed by atoms with Crippen molar-refractivity contribution in [3.8, 4) is 28.0 Å². The van der Waals surface area contributed by atoms with Crippen LogP contribution in [0.5, 0.6) is 5.75 Å². The Hall–Kier alpha value is -9.08. The number of fused-ring (bicyclic) bond motifs is 9. The highest BCUT2D eigenvalue weighted by Gasteiger charge is 2.32. The zero-order chi connectivity index (χ0) is 50.5. The molecule has 0 radical (unpaired) electrons. The van der Waals surface area contributed by atoms with Gasteiger partial charge in [-0.3, -0.25) is 0 Å². The third-order valence-electron chi connectivity index (χ3n) is 14.0. The van der Waals surface area contributed by atoms with Gasteiger partial charge in [0, 0.05) is 68.2 Å². The van der Waals surface area contributed by atoms with Crippen LogP contribution in [0.15, 0.2) is 193 Å². The second kappa shape index (κ2) is 18.7. The molecule has 0 aromatic heterocycles. The molecule has 0 saturated heterocycles. The summed E-state index contributed by atoms with van der Waals surface area (Å²) in [6.07, 6.45) is 11.7. The largest absolute Gasteiger partial charge is 0.497 e. The van der Waals surface area contributed by atoms with Gasteiger partial charge in [-0.2, -0.15) is 0 Å². The fourth-order valence-corrected chi connectivity index (χ4v) is 10.3. The van der Waals surface area contributed by atoms with Crippen molar-refractivity contribution in [3.63, 3.8) is 0 Å². The number of nitrogen functional groups attached to an aromatic ring is 4. The number of hydrogen-bond acceptors (Lipinski definition) is 9. The zero-order valence-electron chi connectivity index (χ0n) is 41.4. The van der Waals surface area contributed by atoms with Gasteiger partial charge in [0.05, 0.1) is 18.5 Å². The molecule has 7 aromatic rings. The average molecular weight is 943 g/mol. The summed E-state index contributed by atoms with van der Waals surface area (Å²) in [7, 11) is 10.1. The Labute approximate surface area is 422 Å². The van der Waals surface area contributed by atoms with E-state index in [0.717, 1.165) is 89.7 Å². The molecule has 0 fully saturated rings.